The number of hydrogen-bond acceptors (Lipinski definition) is 16. The first kappa shape index (κ1) is 78.2. The standard InChI is InChI=1S/4C4H12O7P2.4Na.4H/c4*1-2-3-11-13(9,10)4(5)12(6,7)8;;;;;;;;/h4*4-5H,2-3H2,1H3,(H,9,10)(H2,6,7,8);;;;;;;;/q;;;;4*+1;4*-1. The number of rotatable bonds is 20. The van der Waals surface area contributed by atoms with Gasteiger partial charge in [-0.3, -0.25) is 36.5 Å². The Kier molecular flexibility index (Phi) is 49.2. The van der Waals surface area contributed by atoms with Gasteiger partial charge < -0.3 is 103 Å². The van der Waals surface area contributed by atoms with Crippen LogP contribution in [0.5, 0.6) is 0 Å². The number of aliphatic hydroxyl groups excluding tert-OH is 4. The summed E-state index contributed by atoms with van der Waals surface area (Å²) in [6, 6.07) is 0. The summed E-state index contributed by atoms with van der Waals surface area (Å²) in [5, 5.41) is 35.0. The van der Waals surface area contributed by atoms with Gasteiger partial charge in [0.1, 0.15) is 0 Å². The summed E-state index contributed by atoms with van der Waals surface area (Å²) in [5.41, 5.74) is -10.6. The number of hydrogen-bond donors (Lipinski definition) is 16. The van der Waals surface area contributed by atoms with E-state index in [0.717, 1.165) is 0 Å². The van der Waals surface area contributed by atoms with Gasteiger partial charge in [-0.1, -0.05) is 27.7 Å². The van der Waals surface area contributed by atoms with Gasteiger partial charge >= 0.3 is 179 Å². The van der Waals surface area contributed by atoms with Gasteiger partial charge in [-0.25, -0.2) is 0 Å². The van der Waals surface area contributed by atoms with Crippen LogP contribution < -0.4 is 118 Å². The van der Waals surface area contributed by atoms with Gasteiger partial charge in [0, 0.05) is 0 Å². The average Bonchev–Trinajstić information content (AvgIpc) is 2.98. The Balaban J connectivity index is -0.0000000490. The molecule has 8 unspecified atom stereocenters. The molecule has 0 heterocycles. The van der Waals surface area contributed by atoms with Crippen LogP contribution in [0.25, 0.3) is 0 Å². The quantitative estimate of drug-likeness (QED) is 0.0398. The van der Waals surface area contributed by atoms with Crippen LogP contribution in [0, 0.1) is 0 Å². The first-order chi connectivity index (χ1) is 22.9. The fourth-order valence-electron chi connectivity index (χ4n) is 1.92. The van der Waals surface area contributed by atoms with Gasteiger partial charge in [0.05, 0.1) is 26.4 Å². The largest absolute Gasteiger partial charge is 1.00 e. The zero-order valence-electron chi connectivity index (χ0n) is 35.6. The second-order valence-electron chi connectivity index (χ2n) is 9.33. The van der Waals surface area contributed by atoms with Crippen molar-refractivity contribution in [3.05, 3.63) is 0 Å². The van der Waals surface area contributed by atoms with Crippen LogP contribution in [-0.4, -0.2) is 128 Å². The predicted octanol–water partition coefficient (Wildman–Crippen LogP) is -11.3. The van der Waals surface area contributed by atoms with Gasteiger partial charge in [0.2, 0.25) is 0 Å². The van der Waals surface area contributed by atoms with E-state index in [1.807, 2.05) is 0 Å². The zero-order valence-corrected chi connectivity index (χ0v) is 46.8. The molecule has 40 heteroatoms. The summed E-state index contributed by atoms with van der Waals surface area (Å²) >= 11 is 0. The minimum Gasteiger partial charge on any atom is -1.00 e. The van der Waals surface area contributed by atoms with Crippen molar-refractivity contribution in [3.8, 4) is 0 Å². The van der Waals surface area contributed by atoms with E-state index in [1.54, 1.807) is 27.7 Å². The van der Waals surface area contributed by atoms with Gasteiger partial charge in [-0.05, 0) is 25.7 Å². The third kappa shape index (κ3) is 37.3. The minimum atomic E-state index is -5.00. The Hall–Kier alpha value is 5.04. The average molecular weight is 1030 g/mol. The fraction of sp³-hybridized carbons (Fsp3) is 1.00. The van der Waals surface area contributed by atoms with E-state index in [4.69, 9.17) is 79.1 Å². The van der Waals surface area contributed by atoms with Crippen molar-refractivity contribution in [2.45, 2.75) is 75.7 Å². The van der Waals surface area contributed by atoms with E-state index < -0.39 is 83.1 Å². The van der Waals surface area contributed by atoms with Crippen molar-refractivity contribution in [1.82, 2.24) is 0 Å². The van der Waals surface area contributed by atoms with Crippen molar-refractivity contribution >= 4 is 60.8 Å². The maximum Gasteiger partial charge on any atom is 1.00 e. The molecule has 328 valence electrons. The second-order valence-corrected chi connectivity index (χ2v) is 25.1. The zero-order chi connectivity index (χ0) is 42.8. The first-order valence-corrected chi connectivity index (χ1v) is 27.0. The topological polar surface area (TPSA) is 497 Å². The Morgan fingerprint density at radius 1 is 0.339 bits per heavy atom. The van der Waals surface area contributed by atoms with Crippen LogP contribution >= 0.6 is 60.8 Å². The molecule has 0 amide bonds. The maximum atomic E-state index is 10.9. The molecule has 8 atom stereocenters. The van der Waals surface area contributed by atoms with E-state index in [2.05, 4.69) is 18.1 Å². The molecule has 28 nitrogen and oxygen atoms in total. The smallest absolute Gasteiger partial charge is 1.00 e. The molecule has 0 bridgehead atoms. The summed E-state index contributed by atoms with van der Waals surface area (Å²) in [6.07, 6.45) is 1.60. The maximum absolute atomic E-state index is 10.9. The SMILES string of the molecule is CCCOP(=O)(O)C(O)P(=O)(O)O.CCCOP(=O)(O)C(O)P(=O)(O)O.CCCOP(=O)(O)C(O)P(=O)(O)O.CCCOP(=O)(O)C(O)P(=O)(O)O.[H-].[H-].[H-].[H-].[Na+].[Na+].[Na+].[Na+]. The van der Waals surface area contributed by atoms with Crippen LogP contribution in [0.4, 0.5) is 0 Å². The molecule has 0 saturated carbocycles. The molecule has 0 aliphatic carbocycles. The predicted molar refractivity (Wildman–Crippen MR) is 181 cm³/mol. The van der Waals surface area contributed by atoms with Crippen molar-refractivity contribution in [3.63, 3.8) is 0 Å². The molecule has 0 spiro atoms. The molecule has 0 aliphatic rings. The van der Waals surface area contributed by atoms with E-state index in [0.29, 0.717) is 25.7 Å². The monoisotopic (exact) mass is 1030 g/mol. The van der Waals surface area contributed by atoms with E-state index in [9.17, 15) is 36.5 Å². The Bertz CT molecular complexity index is 1230. The summed E-state index contributed by atoms with van der Waals surface area (Å²) < 4.78 is 102. The van der Waals surface area contributed by atoms with Gasteiger partial charge in [0.15, 0.2) is 0 Å². The molecule has 56 heavy (non-hydrogen) atoms. The van der Waals surface area contributed by atoms with Crippen molar-refractivity contribution in [2.75, 3.05) is 26.4 Å². The van der Waals surface area contributed by atoms with Crippen LogP contribution in [-0.2, 0) is 54.6 Å². The molecule has 0 aromatic rings. The van der Waals surface area contributed by atoms with E-state index >= 15 is 0 Å². The number of aliphatic hydroxyl groups is 4. The first-order valence-electron chi connectivity index (χ1n) is 13.7. The molecule has 0 aromatic carbocycles. The molecule has 0 rings (SSSR count). The van der Waals surface area contributed by atoms with Crippen molar-refractivity contribution in [1.29, 1.82) is 0 Å². The van der Waals surface area contributed by atoms with Gasteiger partial charge in [-0.2, -0.15) is 0 Å². The summed E-state index contributed by atoms with van der Waals surface area (Å²) in [5.74, 6) is 0. The third-order valence-corrected chi connectivity index (χ3v) is 18.4. The van der Waals surface area contributed by atoms with Crippen LogP contribution in [0.15, 0.2) is 0 Å². The summed E-state index contributed by atoms with van der Waals surface area (Å²) in [4.78, 5) is 102. The third-order valence-electron chi connectivity index (χ3n) is 4.29. The van der Waals surface area contributed by atoms with Crippen molar-refractivity contribution < 1.29 is 258 Å². The summed E-state index contributed by atoms with van der Waals surface area (Å²) in [7, 11) is -38.5. The normalized spacial score (nSPS) is 18.1. The van der Waals surface area contributed by atoms with Crippen LogP contribution in [0.2, 0.25) is 0 Å². The Morgan fingerprint density at radius 3 is 0.518 bits per heavy atom. The Labute approximate surface area is 416 Å². The summed E-state index contributed by atoms with van der Waals surface area (Å²) in [6.45, 7) is 5.98. The molecule has 16 N–H and O–H groups in total. The molecule has 0 aromatic heterocycles. The molecule has 0 aliphatic heterocycles. The second kappa shape index (κ2) is 35.3. The molecular formula is C16H52Na4O28P8. The van der Waals surface area contributed by atoms with Crippen LogP contribution in [0.3, 0.4) is 0 Å². The van der Waals surface area contributed by atoms with Gasteiger partial charge in [0.25, 0.3) is 22.3 Å². The minimum absolute atomic E-state index is 0. The fourth-order valence-corrected chi connectivity index (χ4v) is 11.1. The molecular weight excluding hydrogens is 980 g/mol. The van der Waals surface area contributed by atoms with Gasteiger partial charge in [-0.15, -0.1) is 0 Å². The van der Waals surface area contributed by atoms with Crippen LogP contribution in [0.1, 0.15) is 59.1 Å². The molecule has 0 saturated heterocycles. The van der Waals surface area contributed by atoms with E-state index in [1.165, 1.54) is 0 Å². The van der Waals surface area contributed by atoms with Crippen molar-refractivity contribution in [2.24, 2.45) is 0 Å². The molecule has 0 fully saturated rings. The van der Waals surface area contributed by atoms with E-state index in [-0.39, 0.29) is 150 Å². The Morgan fingerprint density at radius 2 is 0.446 bits per heavy atom. The molecule has 0 radical (unpaired) electrons.